The van der Waals surface area contributed by atoms with E-state index >= 15 is 0 Å². The highest BCUT2D eigenvalue weighted by molar-refractivity contribution is 7.20. The minimum atomic E-state index is -0.140. The highest BCUT2D eigenvalue weighted by Crippen LogP contribution is 2.36. The highest BCUT2D eigenvalue weighted by Gasteiger charge is 2.19. The zero-order valence-electron chi connectivity index (χ0n) is 14.5. The van der Waals surface area contributed by atoms with Crippen molar-refractivity contribution in [3.63, 3.8) is 0 Å². The van der Waals surface area contributed by atoms with Gasteiger partial charge in [0.15, 0.2) is 0 Å². The topological polar surface area (TPSA) is 42.4 Å². The molecule has 0 aliphatic carbocycles. The number of hydrogen-bond donors (Lipinski definition) is 0. The number of carbonyl (C=O) groups is 1. The van der Waals surface area contributed by atoms with Crippen molar-refractivity contribution in [1.29, 1.82) is 0 Å². The number of methoxy groups -OCH3 is 1. The Kier molecular flexibility index (Phi) is 4.68. The maximum Gasteiger partial charge on any atom is 0.268 e. The van der Waals surface area contributed by atoms with E-state index in [1.807, 2.05) is 42.5 Å². The molecule has 2 aromatic heterocycles. The van der Waals surface area contributed by atoms with Crippen LogP contribution in [0, 0.1) is 0 Å². The van der Waals surface area contributed by atoms with Crippen molar-refractivity contribution in [3.8, 4) is 5.75 Å². The summed E-state index contributed by atoms with van der Waals surface area (Å²) in [6, 6.07) is 14.8. The third-order valence-electron chi connectivity index (χ3n) is 4.33. The van der Waals surface area contributed by atoms with Crippen molar-refractivity contribution in [3.05, 3.63) is 63.5 Å². The quantitative estimate of drug-likeness (QED) is 0.408. The van der Waals surface area contributed by atoms with Gasteiger partial charge in [0.25, 0.3) is 5.91 Å². The molecule has 0 atom stereocenters. The molecule has 0 saturated carbocycles. The summed E-state index contributed by atoms with van der Waals surface area (Å²) in [5.74, 6) is 0.432. The summed E-state index contributed by atoms with van der Waals surface area (Å²) in [5, 5.41) is 2.78. The Hall–Kier alpha value is -2.34. The number of amides is 1. The number of anilines is 1. The smallest absolute Gasteiger partial charge is 0.268 e. The van der Waals surface area contributed by atoms with Crippen LogP contribution in [0.1, 0.15) is 9.67 Å². The Balaban J connectivity index is 1.79. The molecule has 0 aliphatic heterocycles. The molecule has 4 nitrogen and oxygen atoms in total. The fourth-order valence-corrected chi connectivity index (χ4v) is 4.45. The molecule has 0 aliphatic rings. The molecule has 0 spiro atoms. The van der Waals surface area contributed by atoms with Gasteiger partial charge in [-0.25, -0.2) is 4.98 Å². The van der Waals surface area contributed by atoms with Crippen LogP contribution in [0.3, 0.4) is 0 Å². The first-order valence-electron chi connectivity index (χ1n) is 8.09. The Morgan fingerprint density at radius 2 is 1.89 bits per heavy atom. The molecular weight excluding hydrogens is 403 g/mol. The minimum absolute atomic E-state index is 0.140. The summed E-state index contributed by atoms with van der Waals surface area (Å²) in [6.07, 6.45) is 0. The van der Waals surface area contributed by atoms with Crippen LogP contribution in [0.4, 0.5) is 5.69 Å². The van der Waals surface area contributed by atoms with Gasteiger partial charge in [-0.2, -0.15) is 0 Å². The molecule has 0 saturated heterocycles. The van der Waals surface area contributed by atoms with Gasteiger partial charge in [0.1, 0.15) is 15.6 Å². The number of para-hydroxylation sites is 1. The first-order chi connectivity index (χ1) is 13.0. The van der Waals surface area contributed by atoms with E-state index < -0.39 is 0 Å². The van der Waals surface area contributed by atoms with Gasteiger partial charge in [-0.1, -0.05) is 35.3 Å². The maximum absolute atomic E-state index is 12.9. The van der Waals surface area contributed by atoms with Crippen LogP contribution in [0.2, 0.25) is 10.0 Å². The molecule has 0 N–H and O–H groups in total. The summed E-state index contributed by atoms with van der Waals surface area (Å²) >= 11 is 13.9. The summed E-state index contributed by atoms with van der Waals surface area (Å²) < 4.78 is 5.26. The largest absolute Gasteiger partial charge is 0.495 e. The minimum Gasteiger partial charge on any atom is -0.495 e. The SMILES string of the molecule is COc1ccc2cc3cc(C(=O)N(C)c4ccccc4Cl)sc3nc2c1Cl. The zero-order chi connectivity index (χ0) is 19.1. The standard InChI is InChI=1S/C20H14Cl2N2O2S/c1-24(14-6-4-3-5-13(14)21)20(25)16-10-12-9-11-7-8-15(26-2)17(22)18(11)23-19(12)27-16/h3-10H,1-2H3. The van der Waals surface area contributed by atoms with E-state index in [0.717, 1.165) is 15.6 Å². The van der Waals surface area contributed by atoms with Crippen LogP contribution in [0.25, 0.3) is 21.1 Å². The predicted molar refractivity (Wildman–Crippen MR) is 113 cm³/mol. The fraction of sp³-hybridized carbons (Fsp3) is 0.100. The van der Waals surface area contributed by atoms with Crippen molar-refractivity contribution in [2.24, 2.45) is 0 Å². The lowest BCUT2D eigenvalue weighted by atomic mass is 10.2. The van der Waals surface area contributed by atoms with Gasteiger partial charge in [0.2, 0.25) is 0 Å². The number of carbonyl (C=O) groups excluding carboxylic acids is 1. The molecule has 2 aromatic carbocycles. The molecule has 7 heteroatoms. The number of hydrogen-bond acceptors (Lipinski definition) is 4. The Bertz CT molecular complexity index is 1190. The van der Waals surface area contributed by atoms with Crippen LogP contribution >= 0.6 is 34.5 Å². The van der Waals surface area contributed by atoms with Gasteiger partial charge in [0, 0.05) is 17.8 Å². The monoisotopic (exact) mass is 416 g/mol. The molecule has 0 radical (unpaired) electrons. The summed E-state index contributed by atoms with van der Waals surface area (Å²) in [4.78, 5) is 20.5. The van der Waals surface area contributed by atoms with Crippen LogP contribution in [0.5, 0.6) is 5.75 Å². The van der Waals surface area contributed by atoms with E-state index in [2.05, 4.69) is 4.98 Å². The lowest BCUT2D eigenvalue weighted by molar-refractivity contribution is 0.0997. The lowest BCUT2D eigenvalue weighted by Crippen LogP contribution is -2.25. The molecule has 0 bridgehead atoms. The summed E-state index contributed by atoms with van der Waals surface area (Å²) in [6.45, 7) is 0. The van der Waals surface area contributed by atoms with Crippen molar-refractivity contribution >= 4 is 67.3 Å². The number of ether oxygens (including phenoxy) is 1. The predicted octanol–water partition coefficient (Wildman–Crippen LogP) is 6.04. The molecule has 0 unspecified atom stereocenters. The summed E-state index contributed by atoms with van der Waals surface area (Å²) in [5.41, 5.74) is 1.32. The van der Waals surface area contributed by atoms with Crippen molar-refractivity contribution in [2.45, 2.75) is 0 Å². The fourth-order valence-electron chi connectivity index (χ4n) is 2.91. The van der Waals surface area contributed by atoms with Gasteiger partial charge in [-0.15, -0.1) is 11.3 Å². The van der Waals surface area contributed by atoms with Crippen molar-refractivity contribution in [1.82, 2.24) is 4.98 Å². The molecule has 1 amide bonds. The van der Waals surface area contributed by atoms with Crippen molar-refractivity contribution < 1.29 is 9.53 Å². The summed E-state index contributed by atoms with van der Waals surface area (Å²) in [7, 11) is 3.28. The van der Waals surface area contributed by atoms with E-state index in [4.69, 9.17) is 27.9 Å². The normalized spacial score (nSPS) is 11.1. The van der Waals surface area contributed by atoms with Gasteiger partial charge >= 0.3 is 0 Å². The number of aromatic nitrogens is 1. The Morgan fingerprint density at radius 3 is 2.63 bits per heavy atom. The first kappa shape index (κ1) is 18.0. The molecule has 4 aromatic rings. The number of pyridine rings is 1. The van der Waals surface area contributed by atoms with Crippen LogP contribution in [0.15, 0.2) is 48.5 Å². The number of fused-ring (bicyclic) bond motifs is 2. The van der Waals surface area contributed by atoms with Crippen LogP contribution in [-0.4, -0.2) is 25.0 Å². The van der Waals surface area contributed by atoms with Gasteiger partial charge in [-0.05, 0) is 36.4 Å². The number of halogens is 2. The maximum atomic E-state index is 12.9. The number of rotatable bonds is 3. The third kappa shape index (κ3) is 3.12. The third-order valence-corrected chi connectivity index (χ3v) is 6.04. The van der Waals surface area contributed by atoms with Gasteiger partial charge < -0.3 is 9.64 Å². The first-order valence-corrected chi connectivity index (χ1v) is 9.66. The van der Waals surface area contributed by atoms with Gasteiger partial charge in [0.05, 0.1) is 28.2 Å². The number of benzene rings is 2. The van der Waals surface area contributed by atoms with Crippen LogP contribution < -0.4 is 9.64 Å². The molecule has 4 rings (SSSR count). The Morgan fingerprint density at radius 1 is 1.11 bits per heavy atom. The van der Waals surface area contributed by atoms with E-state index in [1.165, 1.54) is 11.3 Å². The number of nitrogens with zero attached hydrogens (tertiary/aromatic N) is 2. The Labute approximate surface area is 169 Å². The zero-order valence-corrected chi connectivity index (χ0v) is 16.8. The number of thiophene rings is 1. The van der Waals surface area contributed by atoms with Crippen LogP contribution in [-0.2, 0) is 0 Å². The van der Waals surface area contributed by atoms with E-state index in [0.29, 0.717) is 31.9 Å². The lowest BCUT2D eigenvalue weighted by Gasteiger charge is -2.17. The van der Waals surface area contributed by atoms with Crippen molar-refractivity contribution in [2.75, 3.05) is 19.1 Å². The van der Waals surface area contributed by atoms with E-state index in [-0.39, 0.29) is 5.91 Å². The molecule has 0 fully saturated rings. The molecule has 136 valence electrons. The molecular formula is C20H14Cl2N2O2S. The highest BCUT2D eigenvalue weighted by atomic mass is 35.5. The van der Waals surface area contributed by atoms with E-state index in [9.17, 15) is 4.79 Å². The van der Waals surface area contributed by atoms with E-state index in [1.54, 1.807) is 25.1 Å². The second-order valence-corrected chi connectivity index (χ2v) is 7.78. The second kappa shape index (κ2) is 7.00. The molecule has 2 heterocycles. The average Bonchev–Trinajstić information content (AvgIpc) is 3.09. The second-order valence-electron chi connectivity index (χ2n) is 5.96. The molecule has 27 heavy (non-hydrogen) atoms. The average molecular weight is 417 g/mol. The van der Waals surface area contributed by atoms with Gasteiger partial charge in [-0.3, -0.25) is 4.79 Å².